The number of amidine groups is 1. The molecule has 4 N–H and O–H groups in total. The fourth-order valence-electron chi connectivity index (χ4n) is 1.95. The van der Waals surface area contributed by atoms with Gasteiger partial charge in [0.05, 0.1) is 0 Å². The quantitative estimate of drug-likeness (QED) is 0.367. The normalized spacial score (nSPS) is 10.6. The molecule has 2 aromatic rings. The summed E-state index contributed by atoms with van der Waals surface area (Å²) >= 11 is 0. The monoisotopic (exact) mass is 262 g/mol. The van der Waals surface area contributed by atoms with Crippen LogP contribution in [0.25, 0.3) is 11.0 Å². The Morgan fingerprint density at radius 3 is 2.95 bits per heavy atom. The highest BCUT2D eigenvalue weighted by molar-refractivity contribution is 6.06. The van der Waals surface area contributed by atoms with Gasteiger partial charge in [0.25, 0.3) is 0 Å². The third-order valence-electron chi connectivity index (χ3n) is 2.83. The minimum absolute atomic E-state index is 0.101. The van der Waals surface area contributed by atoms with Crippen molar-refractivity contribution < 1.29 is 15.1 Å². The van der Waals surface area contributed by atoms with Crippen LogP contribution in [-0.2, 0) is 11.3 Å². The number of pyridine rings is 1. The van der Waals surface area contributed by atoms with Crippen molar-refractivity contribution in [1.82, 2.24) is 15.0 Å². The Hall–Kier alpha value is -2.41. The van der Waals surface area contributed by atoms with Crippen molar-refractivity contribution in [2.75, 3.05) is 0 Å². The van der Waals surface area contributed by atoms with Crippen LogP contribution in [0.2, 0.25) is 0 Å². The van der Waals surface area contributed by atoms with Gasteiger partial charge in [-0.25, -0.2) is 4.98 Å². The molecule has 19 heavy (non-hydrogen) atoms. The van der Waals surface area contributed by atoms with E-state index < -0.39 is 5.97 Å². The van der Waals surface area contributed by atoms with E-state index in [9.17, 15) is 4.79 Å². The summed E-state index contributed by atoms with van der Waals surface area (Å²) in [5.41, 5.74) is 3.02. The van der Waals surface area contributed by atoms with Crippen LogP contribution < -0.4 is 5.48 Å². The molecule has 0 aliphatic heterocycles. The number of carbonyl (C=O) groups is 1. The average Bonchev–Trinajstić information content (AvgIpc) is 2.81. The van der Waals surface area contributed by atoms with Crippen molar-refractivity contribution in [3.05, 3.63) is 30.1 Å². The molecular formula is C12H14N4O3. The zero-order chi connectivity index (χ0) is 13.8. The maximum Gasteiger partial charge on any atom is 0.303 e. The summed E-state index contributed by atoms with van der Waals surface area (Å²) in [7, 11) is 0. The highest BCUT2D eigenvalue weighted by Crippen LogP contribution is 2.18. The van der Waals surface area contributed by atoms with E-state index in [1.165, 1.54) is 0 Å². The minimum Gasteiger partial charge on any atom is -0.481 e. The lowest BCUT2D eigenvalue weighted by Crippen LogP contribution is -2.19. The third kappa shape index (κ3) is 2.71. The molecule has 0 aliphatic carbocycles. The van der Waals surface area contributed by atoms with E-state index in [1.807, 2.05) is 10.0 Å². The number of hydrogen-bond acceptors (Lipinski definition) is 4. The van der Waals surface area contributed by atoms with Crippen molar-refractivity contribution in [1.29, 1.82) is 5.41 Å². The Kier molecular flexibility index (Phi) is 3.76. The van der Waals surface area contributed by atoms with Crippen LogP contribution in [0, 0.1) is 5.41 Å². The predicted molar refractivity (Wildman–Crippen MR) is 68.4 cm³/mol. The fraction of sp³-hybridized carbons (Fsp3) is 0.250. The maximum atomic E-state index is 10.5. The lowest BCUT2D eigenvalue weighted by atomic mass is 10.2. The van der Waals surface area contributed by atoms with Crippen molar-refractivity contribution in [2.24, 2.45) is 0 Å². The summed E-state index contributed by atoms with van der Waals surface area (Å²) in [6.45, 7) is 0.548. The highest BCUT2D eigenvalue weighted by Gasteiger charge is 2.10. The van der Waals surface area contributed by atoms with E-state index in [2.05, 4.69) is 4.98 Å². The first-order chi connectivity index (χ1) is 9.13. The van der Waals surface area contributed by atoms with E-state index in [0.29, 0.717) is 24.2 Å². The van der Waals surface area contributed by atoms with Crippen molar-refractivity contribution in [2.45, 2.75) is 19.4 Å². The molecule has 2 aromatic heterocycles. The van der Waals surface area contributed by atoms with Gasteiger partial charge < -0.3 is 9.67 Å². The minimum atomic E-state index is -0.823. The Bertz CT molecular complexity index is 620. The molecule has 0 bridgehead atoms. The largest absolute Gasteiger partial charge is 0.481 e. The third-order valence-corrected chi connectivity index (χ3v) is 2.83. The van der Waals surface area contributed by atoms with Crippen LogP contribution in [0.1, 0.15) is 18.4 Å². The number of carboxylic acid groups (broad SMARTS) is 1. The lowest BCUT2D eigenvalue weighted by Gasteiger charge is -2.06. The van der Waals surface area contributed by atoms with Gasteiger partial charge >= 0.3 is 5.97 Å². The van der Waals surface area contributed by atoms with E-state index in [-0.39, 0.29) is 12.3 Å². The number of aliphatic carboxylic acids is 1. The molecule has 0 radical (unpaired) electrons. The molecule has 0 spiro atoms. The summed E-state index contributed by atoms with van der Waals surface area (Å²) in [6, 6.07) is 3.43. The first-order valence-electron chi connectivity index (χ1n) is 5.78. The molecule has 0 saturated carbocycles. The molecular weight excluding hydrogens is 248 g/mol. The summed E-state index contributed by atoms with van der Waals surface area (Å²) in [4.78, 5) is 14.7. The van der Waals surface area contributed by atoms with Crippen molar-refractivity contribution >= 4 is 22.8 Å². The van der Waals surface area contributed by atoms with Crippen LogP contribution in [0.4, 0.5) is 0 Å². The van der Waals surface area contributed by atoms with Crippen LogP contribution >= 0.6 is 0 Å². The summed E-state index contributed by atoms with van der Waals surface area (Å²) in [6.07, 6.45) is 3.97. The number of nitrogens with one attached hydrogen (secondary N) is 2. The first kappa shape index (κ1) is 13.0. The molecule has 7 nitrogen and oxygen atoms in total. The smallest absolute Gasteiger partial charge is 0.303 e. The molecule has 100 valence electrons. The number of aryl methyl sites for hydroxylation is 1. The molecule has 0 saturated heterocycles. The Morgan fingerprint density at radius 2 is 2.26 bits per heavy atom. The van der Waals surface area contributed by atoms with E-state index in [0.717, 1.165) is 5.39 Å². The van der Waals surface area contributed by atoms with E-state index in [1.54, 1.807) is 24.5 Å². The Morgan fingerprint density at radius 1 is 1.47 bits per heavy atom. The number of aromatic nitrogens is 2. The second kappa shape index (κ2) is 5.49. The molecule has 7 heteroatoms. The van der Waals surface area contributed by atoms with Crippen LogP contribution in [-0.4, -0.2) is 31.7 Å². The molecule has 2 heterocycles. The van der Waals surface area contributed by atoms with Crippen LogP contribution in [0.15, 0.2) is 24.5 Å². The lowest BCUT2D eigenvalue weighted by molar-refractivity contribution is -0.137. The van der Waals surface area contributed by atoms with Gasteiger partial charge in [-0.3, -0.25) is 20.9 Å². The summed E-state index contributed by atoms with van der Waals surface area (Å²) in [5.74, 6) is -0.924. The van der Waals surface area contributed by atoms with Gasteiger partial charge in [0.15, 0.2) is 0 Å². The molecule has 0 unspecified atom stereocenters. The first-order valence-corrected chi connectivity index (χ1v) is 5.78. The molecule has 0 aliphatic rings. The topological polar surface area (TPSA) is 111 Å². The number of rotatable bonds is 5. The molecule has 2 rings (SSSR count). The summed E-state index contributed by atoms with van der Waals surface area (Å²) in [5, 5.41) is 25.7. The molecule has 0 fully saturated rings. The Balaban J connectivity index is 2.28. The van der Waals surface area contributed by atoms with E-state index in [4.69, 9.17) is 15.7 Å². The second-order valence-corrected chi connectivity index (χ2v) is 4.09. The Labute approximate surface area is 109 Å². The summed E-state index contributed by atoms with van der Waals surface area (Å²) < 4.78 is 1.84. The number of nitrogens with zero attached hydrogens (tertiary/aromatic N) is 2. The van der Waals surface area contributed by atoms with Crippen molar-refractivity contribution in [3.8, 4) is 0 Å². The van der Waals surface area contributed by atoms with Gasteiger partial charge in [0, 0.05) is 36.3 Å². The fourth-order valence-corrected chi connectivity index (χ4v) is 1.95. The van der Waals surface area contributed by atoms with Crippen LogP contribution in [0.5, 0.6) is 0 Å². The molecule has 0 amide bonds. The van der Waals surface area contributed by atoms with Gasteiger partial charge in [-0.1, -0.05) is 0 Å². The average molecular weight is 262 g/mol. The zero-order valence-electron chi connectivity index (χ0n) is 10.1. The SMILES string of the molecule is N=C(NO)c1ccnc2c1ccn2CCCC(=O)O. The molecule has 0 atom stereocenters. The van der Waals surface area contributed by atoms with E-state index >= 15 is 0 Å². The number of hydroxylamine groups is 1. The standard InChI is InChI=1S/C12H14N4O3/c13-11(15-19)8-3-5-14-12-9(8)4-7-16(12)6-1-2-10(17)18/h3-5,7,19H,1-2,6H2,(H2,13,15)(H,17,18). The van der Waals surface area contributed by atoms with Gasteiger partial charge in [-0.15, -0.1) is 0 Å². The second-order valence-electron chi connectivity index (χ2n) is 4.09. The number of carboxylic acids is 1. The van der Waals surface area contributed by atoms with Gasteiger partial charge in [-0.2, -0.15) is 0 Å². The number of hydrogen-bond donors (Lipinski definition) is 4. The van der Waals surface area contributed by atoms with Crippen LogP contribution in [0.3, 0.4) is 0 Å². The highest BCUT2D eigenvalue weighted by atomic mass is 16.5. The zero-order valence-corrected chi connectivity index (χ0v) is 10.1. The molecule has 0 aromatic carbocycles. The van der Waals surface area contributed by atoms with Crippen molar-refractivity contribution in [3.63, 3.8) is 0 Å². The number of fused-ring (bicyclic) bond motifs is 1. The van der Waals surface area contributed by atoms with Gasteiger partial charge in [0.1, 0.15) is 11.5 Å². The van der Waals surface area contributed by atoms with Gasteiger partial charge in [-0.05, 0) is 18.6 Å². The predicted octanol–water partition coefficient (Wildman–Crippen LogP) is 1.21. The maximum absolute atomic E-state index is 10.5. The van der Waals surface area contributed by atoms with Gasteiger partial charge in [0.2, 0.25) is 0 Å².